The lowest BCUT2D eigenvalue weighted by Gasteiger charge is -2.30. The van der Waals surface area contributed by atoms with Crippen LogP contribution in [0.25, 0.3) is 16.7 Å². The molecule has 0 spiro atoms. The molecule has 2 unspecified atom stereocenters. The molecule has 1 aliphatic carbocycles. The minimum atomic E-state index is -0.337. The monoisotopic (exact) mass is 403 g/mol. The zero-order chi connectivity index (χ0) is 20.7. The Bertz CT molecular complexity index is 1080. The number of hydrogen-bond acceptors (Lipinski definition) is 3. The van der Waals surface area contributed by atoms with E-state index in [1.807, 2.05) is 6.07 Å². The molecule has 2 atom stereocenters. The Morgan fingerprint density at radius 3 is 2.83 bits per heavy atom. The molecule has 0 amide bonds. The lowest BCUT2D eigenvalue weighted by atomic mass is 9.83. The van der Waals surface area contributed by atoms with Crippen molar-refractivity contribution in [3.63, 3.8) is 0 Å². The fourth-order valence-corrected chi connectivity index (χ4v) is 4.80. The van der Waals surface area contributed by atoms with Gasteiger partial charge in [0.05, 0.1) is 24.6 Å². The van der Waals surface area contributed by atoms with Gasteiger partial charge in [-0.15, -0.1) is 0 Å². The van der Waals surface area contributed by atoms with E-state index in [1.54, 1.807) is 12.1 Å². The number of fused-ring (bicyclic) bond motifs is 3. The third-order valence-corrected chi connectivity index (χ3v) is 6.39. The van der Waals surface area contributed by atoms with Crippen LogP contribution in [0.1, 0.15) is 37.3 Å². The summed E-state index contributed by atoms with van der Waals surface area (Å²) in [5.41, 5.74) is 7.35. The quantitative estimate of drug-likeness (QED) is 0.601. The molecule has 3 aliphatic rings. The van der Waals surface area contributed by atoms with Gasteiger partial charge in [-0.1, -0.05) is 31.2 Å². The first-order valence-electron chi connectivity index (χ1n) is 10.8. The van der Waals surface area contributed by atoms with Crippen LogP contribution in [0.15, 0.2) is 53.6 Å². The fraction of sp³-hybridized carbons (Fsp3) is 0.346. The molecule has 2 aromatic carbocycles. The standard InChI is InChI=1S/C26H26FNO2/c1-3-16-14-25(29-2)22(27)15-20(16)17-10-11-23-21(13-17)18-7-6-8-19(26(18)28-23)24-9-4-5-12-30-24/h6-8,10-11,13-15,19,24H,3-5,9,12H2,1-2H3. The number of halogens is 1. The Morgan fingerprint density at radius 1 is 1.17 bits per heavy atom. The van der Waals surface area contributed by atoms with Crippen LogP contribution in [0.5, 0.6) is 5.75 Å². The van der Waals surface area contributed by atoms with Crippen LogP contribution in [0, 0.1) is 11.7 Å². The van der Waals surface area contributed by atoms with Gasteiger partial charge in [0.2, 0.25) is 0 Å². The molecule has 4 heteroatoms. The van der Waals surface area contributed by atoms with Crippen molar-refractivity contribution >= 4 is 17.0 Å². The minimum Gasteiger partial charge on any atom is -0.494 e. The predicted molar refractivity (Wildman–Crippen MR) is 119 cm³/mol. The highest BCUT2D eigenvalue weighted by Gasteiger charge is 2.34. The maximum atomic E-state index is 14.5. The Labute approximate surface area is 176 Å². The number of benzene rings is 2. The van der Waals surface area contributed by atoms with Crippen molar-refractivity contribution in [2.45, 2.75) is 38.7 Å². The molecule has 5 rings (SSSR count). The van der Waals surface area contributed by atoms with Gasteiger partial charge in [0, 0.05) is 23.7 Å². The lowest BCUT2D eigenvalue weighted by Crippen LogP contribution is -2.32. The highest BCUT2D eigenvalue weighted by atomic mass is 19.1. The molecule has 0 N–H and O–H groups in total. The summed E-state index contributed by atoms with van der Waals surface area (Å²) in [7, 11) is 1.50. The first kappa shape index (κ1) is 19.3. The van der Waals surface area contributed by atoms with Gasteiger partial charge in [0.25, 0.3) is 0 Å². The molecule has 0 saturated carbocycles. The molecular weight excluding hydrogens is 377 g/mol. The van der Waals surface area contributed by atoms with Gasteiger partial charge in [-0.2, -0.15) is 0 Å². The fourth-order valence-electron chi connectivity index (χ4n) is 4.80. The summed E-state index contributed by atoms with van der Waals surface area (Å²) >= 11 is 0. The van der Waals surface area contributed by atoms with Crippen molar-refractivity contribution in [3.05, 3.63) is 65.5 Å². The minimum absolute atomic E-state index is 0.200. The maximum absolute atomic E-state index is 14.5. The Kier molecular flexibility index (Phi) is 5.03. The molecule has 1 saturated heterocycles. The Morgan fingerprint density at radius 2 is 2.07 bits per heavy atom. The molecule has 154 valence electrons. The van der Waals surface area contributed by atoms with E-state index in [2.05, 4.69) is 37.3 Å². The summed E-state index contributed by atoms with van der Waals surface area (Å²) in [6, 6.07) is 9.64. The summed E-state index contributed by atoms with van der Waals surface area (Å²) in [5, 5.41) is 0. The zero-order valence-corrected chi connectivity index (χ0v) is 17.5. The Balaban J connectivity index is 1.52. The van der Waals surface area contributed by atoms with Crippen molar-refractivity contribution in [1.82, 2.24) is 0 Å². The van der Waals surface area contributed by atoms with Crippen molar-refractivity contribution in [2.75, 3.05) is 13.7 Å². The topological polar surface area (TPSA) is 30.8 Å². The van der Waals surface area contributed by atoms with Crippen molar-refractivity contribution < 1.29 is 13.9 Å². The average Bonchev–Trinajstić information content (AvgIpc) is 3.17. The molecule has 1 fully saturated rings. The SMILES string of the molecule is CCc1cc(OC)c(F)cc1-c1ccc2c(c1)C1=CC=CC(C3CCCCO3)C1=N2. The largest absolute Gasteiger partial charge is 0.494 e. The van der Waals surface area contributed by atoms with Crippen LogP contribution in [0.2, 0.25) is 0 Å². The van der Waals surface area contributed by atoms with Gasteiger partial charge in [-0.05, 0) is 66.6 Å². The molecule has 2 aromatic rings. The van der Waals surface area contributed by atoms with Crippen LogP contribution in [-0.4, -0.2) is 25.5 Å². The van der Waals surface area contributed by atoms with E-state index in [1.165, 1.54) is 19.1 Å². The third-order valence-electron chi connectivity index (χ3n) is 6.39. The van der Waals surface area contributed by atoms with Gasteiger partial charge in [-0.25, -0.2) is 4.39 Å². The number of hydrogen-bond donors (Lipinski definition) is 0. The number of rotatable bonds is 4. The highest BCUT2D eigenvalue weighted by Crippen LogP contribution is 2.43. The second kappa shape index (κ2) is 7.84. The molecule has 2 heterocycles. The number of aryl methyl sites for hydroxylation is 1. The highest BCUT2D eigenvalue weighted by molar-refractivity contribution is 6.31. The number of aliphatic imine (C=N–C) groups is 1. The van der Waals surface area contributed by atoms with Crippen LogP contribution in [0.3, 0.4) is 0 Å². The number of methoxy groups -OCH3 is 1. The summed E-state index contributed by atoms with van der Waals surface area (Å²) in [6.07, 6.45) is 10.9. The van der Waals surface area contributed by atoms with Crippen LogP contribution >= 0.6 is 0 Å². The second-order valence-electron chi connectivity index (χ2n) is 8.12. The van der Waals surface area contributed by atoms with Crippen molar-refractivity contribution in [3.8, 4) is 16.9 Å². The van der Waals surface area contributed by atoms with Crippen LogP contribution in [0.4, 0.5) is 10.1 Å². The first-order chi connectivity index (χ1) is 14.7. The molecule has 30 heavy (non-hydrogen) atoms. The first-order valence-corrected chi connectivity index (χ1v) is 10.8. The maximum Gasteiger partial charge on any atom is 0.165 e. The zero-order valence-electron chi connectivity index (χ0n) is 17.5. The normalized spacial score (nSPS) is 22.2. The molecule has 0 aromatic heterocycles. The van der Waals surface area contributed by atoms with Crippen LogP contribution in [-0.2, 0) is 11.2 Å². The summed E-state index contributed by atoms with van der Waals surface area (Å²) in [5.74, 6) is 0.153. The van der Waals surface area contributed by atoms with E-state index < -0.39 is 0 Å². The second-order valence-corrected chi connectivity index (χ2v) is 8.12. The number of allylic oxidation sites excluding steroid dienone is 3. The number of nitrogens with zero attached hydrogens (tertiary/aromatic N) is 1. The van der Waals surface area contributed by atoms with Gasteiger partial charge >= 0.3 is 0 Å². The molecule has 2 aliphatic heterocycles. The number of ether oxygens (including phenoxy) is 2. The van der Waals surface area contributed by atoms with E-state index in [-0.39, 0.29) is 23.6 Å². The molecule has 0 radical (unpaired) electrons. The van der Waals surface area contributed by atoms with Crippen molar-refractivity contribution in [2.24, 2.45) is 10.9 Å². The smallest absolute Gasteiger partial charge is 0.165 e. The third kappa shape index (κ3) is 3.20. The van der Waals surface area contributed by atoms with E-state index >= 15 is 0 Å². The van der Waals surface area contributed by atoms with E-state index in [0.717, 1.165) is 59.5 Å². The van der Waals surface area contributed by atoms with E-state index in [9.17, 15) is 4.39 Å². The Hall–Kier alpha value is -2.72. The average molecular weight is 403 g/mol. The summed E-state index contributed by atoms with van der Waals surface area (Å²) in [6.45, 7) is 2.91. The summed E-state index contributed by atoms with van der Waals surface area (Å²) in [4.78, 5) is 4.98. The summed E-state index contributed by atoms with van der Waals surface area (Å²) < 4.78 is 25.7. The van der Waals surface area contributed by atoms with Gasteiger partial charge in [-0.3, -0.25) is 4.99 Å². The molecular formula is C26H26FNO2. The predicted octanol–water partition coefficient (Wildman–Crippen LogP) is 6.29. The molecule has 0 bridgehead atoms. The van der Waals surface area contributed by atoms with E-state index in [0.29, 0.717) is 0 Å². The van der Waals surface area contributed by atoms with E-state index in [4.69, 9.17) is 14.5 Å². The van der Waals surface area contributed by atoms with Gasteiger partial charge in [0.1, 0.15) is 0 Å². The van der Waals surface area contributed by atoms with Crippen LogP contribution < -0.4 is 4.74 Å². The lowest BCUT2D eigenvalue weighted by molar-refractivity contribution is 0.00535. The van der Waals surface area contributed by atoms with Gasteiger partial charge in [0.15, 0.2) is 11.6 Å². The molecule has 3 nitrogen and oxygen atoms in total. The van der Waals surface area contributed by atoms with Crippen molar-refractivity contribution in [1.29, 1.82) is 0 Å². The van der Waals surface area contributed by atoms with Gasteiger partial charge < -0.3 is 9.47 Å².